The number of aliphatic hydroxyl groups is 1. The van der Waals surface area contributed by atoms with Crippen molar-refractivity contribution in [2.24, 2.45) is 0 Å². The number of hydrogen-bond acceptors (Lipinski definition) is 5. The number of rotatable bonds is 72. The summed E-state index contributed by atoms with van der Waals surface area (Å²) in [6, 6.07) is 0. The van der Waals surface area contributed by atoms with E-state index < -0.39 is 6.10 Å². The van der Waals surface area contributed by atoms with Crippen LogP contribution < -0.4 is 0 Å². The SMILES string of the molecule is CC/C=C\C/C=C\C/C=C\C/C=C\C/C=C\C/C=C\C/C=C\CCCCCCCCCCCCCCCCCC(=O)OC(CO)COC(=O)CCCCCCCCCCCCCCCCCCCCCCCCCCC/C=C\CCCCCCCCCC. The second kappa shape index (κ2) is 78.1. The fourth-order valence-electron chi connectivity index (χ4n) is 11.6. The summed E-state index contributed by atoms with van der Waals surface area (Å²) in [5.41, 5.74) is 0. The maximum absolute atomic E-state index is 12.4. The highest BCUT2D eigenvalue weighted by molar-refractivity contribution is 5.70. The Labute approximate surface area is 548 Å². The van der Waals surface area contributed by atoms with Crippen molar-refractivity contribution in [1.29, 1.82) is 0 Å². The molecule has 0 bridgehead atoms. The van der Waals surface area contributed by atoms with E-state index in [9.17, 15) is 14.7 Å². The molecule has 0 aliphatic heterocycles. The Balaban J connectivity index is 3.42. The average Bonchev–Trinajstić information content (AvgIpc) is 3.55. The van der Waals surface area contributed by atoms with Crippen LogP contribution in [0.15, 0.2) is 97.2 Å². The van der Waals surface area contributed by atoms with Gasteiger partial charge in [-0.3, -0.25) is 9.59 Å². The van der Waals surface area contributed by atoms with Gasteiger partial charge >= 0.3 is 11.9 Å². The van der Waals surface area contributed by atoms with Gasteiger partial charge in [-0.15, -0.1) is 0 Å². The van der Waals surface area contributed by atoms with Crippen LogP contribution in [0.2, 0.25) is 0 Å². The van der Waals surface area contributed by atoms with E-state index in [0.29, 0.717) is 12.8 Å². The smallest absolute Gasteiger partial charge is 0.306 e. The molecule has 0 saturated carbocycles. The summed E-state index contributed by atoms with van der Waals surface area (Å²) in [6.07, 6.45) is 112. The number of hydrogen-bond donors (Lipinski definition) is 1. The second-order valence-electron chi connectivity index (χ2n) is 26.1. The van der Waals surface area contributed by atoms with Gasteiger partial charge in [0.15, 0.2) is 6.10 Å². The number of aliphatic hydroxyl groups excluding tert-OH is 1. The molecule has 0 saturated heterocycles. The summed E-state index contributed by atoms with van der Waals surface area (Å²) in [5.74, 6) is -0.574. The van der Waals surface area contributed by atoms with Crippen molar-refractivity contribution in [3.8, 4) is 0 Å². The molecule has 0 rings (SSSR count). The molecule has 1 N–H and O–H groups in total. The van der Waals surface area contributed by atoms with Crippen LogP contribution in [-0.2, 0) is 19.1 Å². The standard InChI is InChI=1S/C83H148O5/c1-3-5-7-9-11-13-15-17-19-21-23-25-27-29-31-33-35-37-39-41-43-45-47-49-51-53-55-57-59-61-63-65-67-69-71-73-75-77-82(85)87-80-81(79-84)88-83(86)78-76-74-72-70-68-66-64-62-60-58-56-54-52-50-48-46-44-42-40-38-36-34-32-30-28-26-24-22-20-18-16-14-12-10-8-6-4-2/h6,8,12,14,18,20-21,23-24,26,30,32,36,38,42,44,81,84H,3-5,7,9-11,13,15-17,19,22,25,27-29,31,33-35,37,39-41,43,45-80H2,1-2H3/b8-6-,14-12-,20-18-,23-21-,26-24-,32-30-,38-36-,44-42-. The quantitative estimate of drug-likeness (QED) is 0.0373. The summed E-state index contributed by atoms with van der Waals surface area (Å²) in [6.45, 7) is 4.07. The third-order valence-electron chi connectivity index (χ3n) is 17.4. The normalized spacial score (nSPS) is 12.7. The molecule has 0 aromatic carbocycles. The molecule has 0 aromatic rings. The Bertz CT molecular complexity index is 1630. The van der Waals surface area contributed by atoms with Crippen molar-refractivity contribution >= 4 is 11.9 Å². The van der Waals surface area contributed by atoms with Crippen LogP contribution in [0.1, 0.15) is 399 Å². The summed E-state index contributed by atoms with van der Waals surface area (Å²) in [5, 5.41) is 9.72. The number of esters is 2. The molecule has 0 heterocycles. The molecule has 0 fully saturated rings. The van der Waals surface area contributed by atoms with Gasteiger partial charge in [0, 0.05) is 12.8 Å². The van der Waals surface area contributed by atoms with Gasteiger partial charge in [-0.2, -0.15) is 0 Å². The predicted molar refractivity (Wildman–Crippen MR) is 389 cm³/mol. The van der Waals surface area contributed by atoms with Crippen molar-refractivity contribution < 1.29 is 24.2 Å². The Hall–Kier alpha value is -3.18. The van der Waals surface area contributed by atoms with Crippen LogP contribution in [0.25, 0.3) is 0 Å². The number of unbranched alkanes of at least 4 members (excludes halogenated alkanes) is 48. The van der Waals surface area contributed by atoms with Crippen molar-refractivity contribution in [3.63, 3.8) is 0 Å². The Morgan fingerprint density at radius 3 is 0.750 bits per heavy atom. The van der Waals surface area contributed by atoms with Gasteiger partial charge in [-0.1, -0.05) is 387 Å². The first-order valence-electron chi connectivity index (χ1n) is 38.8. The van der Waals surface area contributed by atoms with Crippen LogP contribution in [-0.4, -0.2) is 36.4 Å². The van der Waals surface area contributed by atoms with Crippen LogP contribution >= 0.6 is 0 Å². The Morgan fingerprint density at radius 1 is 0.273 bits per heavy atom. The van der Waals surface area contributed by atoms with Crippen molar-refractivity contribution in [2.45, 2.75) is 405 Å². The summed E-state index contributed by atoms with van der Waals surface area (Å²) in [7, 11) is 0. The maximum atomic E-state index is 12.4. The summed E-state index contributed by atoms with van der Waals surface area (Å²) < 4.78 is 10.8. The minimum Gasteiger partial charge on any atom is -0.462 e. The van der Waals surface area contributed by atoms with E-state index in [4.69, 9.17) is 9.47 Å². The molecule has 0 amide bonds. The highest BCUT2D eigenvalue weighted by atomic mass is 16.6. The lowest BCUT2D eigenvalue weighted by Crippen LogP contribution is -2.28. The molecule has 1 atom stereocenters. The van der Waals surface area contributed by atoms with Gasteiger partial charge in [-0.25, -0.2) is 0 Å². The zero-order valence-corrected chi connectivity index (χ0v) is 58.7. The molecule has 0 spiro atoms. The zero-order chi connectivity index (χ0) is 63.3. The molecule has 0 aromatic heterocycles. The molecule has 0 radical (unpaired) electrons. The molecule has 5 heteroatoms. The Kier molecular flexibility index (Phi) is 75.2. The molecule has 1 unspecified atom stereocenters. The molecule has 0 aliphatic rings. The summed E-state index contributed by atoms with van der Waals surface area (Å²) in [4.78, 5) is 24.7. The lowest BCUT2D eigenvalue weighted by Gasteiger charge is -2.15. The van der Waals surface area contributed by atoms with Crippen molar-refractivity contribution in [2.75, 3.05) is 13.2 Å². The van der Waals surface area contributed by atoms with Crippen LogP contribution in [0, 0.1) is 0 Å². The molecule has 88 heavy (non-hydrogen) atoms. The number of carbonyl (C=O) groups is 2. The number of ether oxygens (including phenoxy) is 2. The molecule has 5 nitrogen and oxygen atoms in total. The maximum Gasteiger partial charge on any atom is 0.306 e. The van der Waals surface area contributed by atoms with Crippen molar-refractivity contribution in [1.82, 2.24) is 0 Å². The van der Waals surface area contributed by atoms with Gasteiger partial charge in [0.1, 0.15) is 6.61 Å². The van der Waals surface area contributed by atoms with Gasteiger partial charge in [0.2, 0.25) is 0 Å². The van der Waals surface area contributed by atoms with Crippen LogP contribution in [0.4, 0.5) is 0 Å². The van der Waals surface area contributed by atoms with E-state index in [0.717, 1.165) is 83.5 Å². The van der Waals surface area contributed by atoms with Gasteiger partial charge in [0.25, 0.3) is 0 Å². The first-order valence-corrected chi connectivity index (χ1v) is 38.8. The highest BCUT2D eigenvalue weighted by Crippen LogP contribution is 2.19. The van der Waals surface area contributed by atoms with E-state index in [2.05, 4.69) is 111 Å². The highest BCUT2D eigenvalue weighted by Gasteiger charge is 2.16. The molecular formula is C83H148O5. The lowest BCUT2D eigenvalue weighted by molar-refractivity contribution is -0.161. The minimum absolute atomic E-state index is 0.0640. The Morgan fingerprint density at radius 2 is 0.489 bits per heavy atom. The molecular weight excluding hydrogens is 1080 g/mol. The lowest BCUT2D eigenvalue weighted by atomic mass is 10.0. The monoisotopic (exact) mass is 1230 g/mol. The molecule has 510 valence electrons. The van der Waals surface area contributed by atoms with Crippen LogP contribution in [0.3, 0.4) is 0 Å². The number of carbonyl (C=O) groups excluding carboxylic acids is 2. The average molecular weight is 1230 g/mol. The predicted octanol–water partition coefficient (Wildman–Crippen LogP) is 27.3. The van der Waals surface area contributed by atoms with Crippen LogP contribution in [0.5, 0.6) is 0 Å². The summed E-state index contributed by atoms with van der Waals surface area (Å²) >= 11 is 0. The minimum atomic E-state index is -0.776. The third-order valence-corrected chi connectivity index (χ3v) is 17.4. The van der Waals surface area contributed by atoms with Crippen molar-refractivity contribution in [3.05, 3.63) is 97.2 Å². The molecule has 0 aliphatic carbocycles. The first kappa shape index (κ1) is 84.8. The largest absolute Gasteiger partial charge is 0.462 e. The fourth-order valence-corrected chi connectivity index (χ4v) is 11.6. The fraction of sp³-hybridized carbons (Fsp3) is 0.783. The van der Waals surface area contributed by atoms with E-state index in [1.807, 2.05) is 0 Å². The van der Waals surface area contributed by atoms with E-state index >= 15 is 0 Å². The topological polar surface area (TPSA) is 72.8 Å². The zero-order valence-electron chi connectivity index (χ0n) is 58.7. The van der Waals surface area contributed by atoms with Gasteiger partial charge in [0.05, 0.1) is 6.61 Å². The van der Waals surface area contributed by atoms with Gasteiger partial charge < -0.3 is 14.6 Å². The number of allylic oxidation sites excluding steroid dienone is 16. The van der Waals surface area contributed by atoms with E-state index in [1.54, 1.807) is 0 Å². The third kappa shape index (κ3) is 75.3. The second-order valence-corrected chi connectivity index (χ2v) is 26.1. The van der Waals surface area contributed by atoms with E-state index in [-0.39, 0.29) is 25.2 Å². The van der Waals surface area contributed by atoms with E-state index in [1.165, 1.54) is 289 Å². The van der Waals surface area contributed by atoms with Gasteiger partial charge in [-0.05, 0) is 96.3 Å². The first-order chi connectivity index (χ1) is 43.6.